The third kappa shape index (κ3) is 3.88. The molecule has 0 radical (unpaired) electrons. The number of amides is 1. The van der Waals surface area contributed by atoms with Crippen LogP contribution in [0.15, 0.2) is 22.6 Å². The van der Waals surface area contributed by atoms with E-state index in [1.165, 1.54) is 24.6 Å². The molecule has 3 rings (SSSR count). The quantitative estimate of drug-likeness (QED) is 0.442. The highest BCUT2D eigenvalue weighted by molar-refractivity contribution is 7.99. The number of carbonyl (C=O) groups is 1. The summed E-state index contributed by atoms with van der Waals surface area (Å²) in [6.07, 6.45) is 6.26. The number of hydrogen-bond acceptors (Lipinski definition) is 5. The summed E-state index contributed by atoms with van der Waals surface area (Å²) in [6, 6.07) is 0. The molecule has 5 nitrogen and oxygen atoms in total. The summed E-state index contributed by atoms with van der Waals surface area (Å²) < 4.78 is 1.63. The highest BCUT2D eigenvalue weighted by Crippen LogP contribution is 2.28. The van der Waals surface area contributed by atoms with Gasteiger partial charge >= 0.3 is 0 Å². The van der Waals surface area contributed by atoms with Crippen molar-refractivity contribution in [3.8, 4) is 0 Å². The number of aromatic nitrogens is 2. The van der Waals surface area contributed by atoms with Gasteiger partial charge in [-0.3, -0.25) is 14.2 Å². The second-order valence-corrected chi connectivity index (χ2v) is 8.79. The number of carbonyl (C=O) groups excluding carboxylic acids is 1. The molecule has 7 heteroatoms. The Kier molecular flexibility index (Phi) is 6.19. The van der Waals surface area contributed by atoms with Crippen LogP contribution in [0.25, 0.3) is 10.2 Å². The summed E-state index contributed by atoms with van der Waals surface area (Å²) in [5.41, 5.74) is 0.957. The summed E-state index contributed by atoms with van der Waals surface area (Å²) in [7, 11) is 0. The Morgan fingerprint density at radius 2 is 1.96 bits per heavy atom. The molecule has 0 saturated carbocycles. The van der Waals surface area contributed by atoms with Crippen LogP contribution in [0, 0.1) is 13.8 Å². The molecule has 0 unspecified atom stereocenters. The molecule has 1 saturated heterocycles. The van der Waals surface area contributed by atoms with E-state index in [0.717, 1.165) is 41.2 Å². The molecule has 1 fully saturated rings. The topological polar surface area (TPSA) is 55.2 Å². The lowest BCUT2D eigenvalue weighted by Crippen LogP contribution is -2.33. The first kappa shape index (κ1) is 19.2. The fourth-order valence-electron chi connectivity index (χ4n) is 3.25. The van der Waals surface area contributed by atoms with E-state index in [1.54, 1.807) is 22.0 Å². The van der Waals surface area contributed by atoms with Gasteiger partial charge in [-0.1, -0.05) is 30.7 Å². The fourth-order valence-corrected chi connectivity index (χ4v) is 5.23. The number of aryl methyl sites for hydroxylation is 2. The van der Waals surface area contributed by atoms with E-state index in [-0.39, 0.29) is 11.5 Å². The van der Waals surface area contributed by atoms with Crippen molar-refractivity contribution in [3.63, 3.8) is 0 Å². The zero-order valence-electron chi connectivity index (χ0n) is 15.4. The number of thioether (sulfide) groups is 1. The molecule has 1 amide bonds. The minimum Gasteiger partial charge on any atom is -0.342 e. The number of allylic oxidation sites excluding steroid dienone is 1. The zero-order chi connectivity index (χ0) is 18.7. The van der Waals surface area contributed by atoms with Gasteiger partial charge in [-0.2, -0.15) is 0 Å². The lowest BCUT2D eigenvalue weighted by atomic mass is 10.2. The first-order valence-electron chi connectivity index (χ1n) is 9.05. The van der Waals surface area contributed by atoms with Gasteiger partial charge in [-0.25, -0.2) is 4.98 Å². The predicted molar refractivity (Wildman–Crippen MR) is 109 cm³/mol. The third-order valence-electron chi connectivity index (χ3n) is 4.85. The number of nitrogens with zero attached hydrogens (tertiary/aromatic N) is 3. The summed E-state index contributed by atoms with van der Waals surface area (Å²) in [5.74, 6) is 0.452. The number of hydrogen-bond donors (Lipinski definition) is 0. The highest BCUT2D eigenvalue weighted by Gasteiger charge is 2.19. The Labute approximate surface area is 162 Å². The van der Waals surface area contributed by atoms with Crippen molar-refractivity contribution in [2.24, 2.45) is 0 Å². The van der Waals surface area contributed by atoms with Crippen molar-refractivity contribution in [1.82, 2.24) is 14.5 Å². The van der Waals surface area contributed by atoms with Crippen LogP contribution in [0.3, 0.4) is 0 Å². The second kappa shape index (κ2) is 8.39. The van der Waals surface area contributed by atoms with Gasteiger partial charge in [-0.15, -0.1) is 17.9 Å². The van der Waals surface area contributed by atoms with Crippen LogP contribution in [-0.2, 0) is 11.3 Å². The number of thiophene rings is 1. The average Bonchev–Trinajstić information content (AvgIpc) is 2.82. The van der Waals surface area contributed by atoms with Gasteiger partial charge in [0.1, 0.15) is 4.83 Å². The number of fused-ring (bicyclic) bond motifs is 1. The standard InChI is InChI=1S/C19H25N3O2S2/c1-4-9-22-18(24)16-13(2)14(3)26-17(16)20-19(22)25-12-15(23)21-10-7-5-6-8-11-21/h4H,1,5-12H2,2-3H3. The first-order valence-corrected chi connectivity index (χ1v) is 10.8. The molecular weight excluding hydrogens is 366 g/mol. The molecule has 0 N–H and O–H groups in total. The molecule has 0 bridgehead atoms. The van der Waals surface area contributed by atoms with Crippen molar-refractivity contribution < 1.29 is 4.79 Å². The van der Waals surface area contributed by atoms with E-state index in [0.29, 0.717) is 22.8 Å². The predicted octanol–water partition coefficient (Wildman–Crippen LogP) is 3.76. The van der Waals surface area contributed by atoms with Crippen LogP contribution in [-0.4, -0.2) is 39.2 Å². The van der Waals surface area contributed by atoms with Gasteiger partial charge in [0, 0.05) is 24.5 Å². The zero-order valence-corrected chi connectivity index (χ0v) is 17.0. The summed E-state index contributed by atoms with van der Waals surface area (Å²) in [4.78, 5) is 34.0. The van der Waals surface area contributed by atoms with Crippen molar-refractivity contribution in [2.45, 2.75) is 51.2 Å². The summed E-state index contributed by atoms with van der Waals surface area (Å²) >= 11 is 2.90. The minimum absolute atomic E-state index is 0.0403. The van der Waals surface area contributed by atoms with Gasteiger partial charge in [-0.05, 0) is 32.3 Å². The monoisotopic (exact) mass is 391 g/mol. The Balaban J connectivity index is 1.86. The van der Waals surface area contributed by atoms with E-state index < -0.39 is 0 Å². The van der Waals surface area contributed by atoms with E-state index in [9.17, 15) is 9.59 Å². The fraction of sp³-hybridized carbons (Fsp3) is 0.526. The smallest absolute Gasteiger partial charge is 0.263 e. The molecule has 1 aliphatic rings. The molecule has 26 heavy (non-hydrogen) atoms. The van der Waals surface area contributed by atoms with Crippen LogP contribution >= 0.6 is 23.1 Å². The van der Waals surface area contributed by atoms with Crippen molar-refractivity contribution in [1.29, 1.82) is 0 Å². The molecule has 1 aliphatic heterocycles. The minimum atomic E-state index is -0.0403. The molecule has 0 aromatic carbocycles. The molecule has 0 spiro atoms. The van der Waals surface area contributed by atoms with Crippen molar-refractivity contribution >= 4 is 39.2 Å². The van der Waals surface area contributed by atoms with Gasteiger partial charge < -0.3 is 4.90 Å². The molecule has 3 heterocycles. The van der Waals surface area contributed by atoms with E-state index in [2.05, 4.69) is 6.58 Å². The van der Waals surface area contributed by atoms with Gasteiger partial charge in [0.15, 0.2) is 5.16 Å². The second-order valence-electron chi connectivity index (χ2n) is 6.65. The maximum Gasteiger partial charge on any atom is 0.263 e. The maximum absolute atomic E-state index is 12.9. The van der Waals surface area contributed by atoms with Crippen molar-refractivity contribution in [3.05, 3.63) is 33.4 Å². The summed E-state index contributed by atoms with van der Waals surface area (Å²) in [6.45, 7) is 9.81. The van der Waals surface area contributed by atoms with Crippen LogP contribution in [0.5, 0.6) is 0 Å². The molecular formula is C19H25N3O2S2. The Bertz CT molecular complexity index is 877. The number of rotatable bonds is 5. The van der Waals surface area contributed by atoms with E-state index >= 15 is 0 Å². The molecule has 0 atom stereocenters. The Hall–Kier alpha value is -1.60. The lowest BCUT2D eigenvalue weighted by Gasteiger charge is -2.20. The molecule has 2 aromatic heterocycles. The normalized spacial score (nSPS) is 15.2. The largest absolute Gasteiger partial charge is 0.342 e. The van der Waals surface area contributed by atoms with E-state index in [1.807, 2.05) is 18.7 Å². The van der Waals surface area contributed by atoms with Crippen LogP contribution in [0.4, 0.5) is 0 Å². The lowest BCUT2D eigenvalue weighted by molar-refractivity contribution is -0.128. The SMILES string of the molecule is C=CCn1c(SCC(=O)N2CCCCCC2)nc2sc(C)c(C)c2c1=O. The molecule has 140 valence electrons. The third-order valence-corrected chi connectivity index (χ3v) is 6.91. The van der Waals surface area contributed by atoms with Crippen LogP contribution in [0.2, 0.25) is 0 Å². The number of likely N-dealkylation sites (tertiary alicyclic amines) is 1. The van der Waals surface area contributed by atoms with Crippen LogP contribution < -0.4 is 5.56 Å². The maximum atomic E-state index is 12.9. The average molecular weight is 392 g/mol. The Morgan fingerprint density at radius 1 is 1.27 bits per heavy atom. The van der Waals surface area contributed by atoms with E-state index in [4.69, 9.17) is 4.98 Å². The highest BCUT2D eigenvalue weighted by atomic mass is 32.2. The van der Waals surface area contributed by atoms with Gasteiger partial charge in [0.2, 0.25) is 5.91 Å². The molecule has 0 aliphatic carbocycles. The molecule has 2 aromatic rings. The Morgan fingerprint density at radius 3 is 2.62 bits per heavy atom. The van der Waals surface area contributed by atoms with Gasteiger partial charge in [0.25, 0.3) is 5.56 Å². The first-order chi connectivity index (χ1) is 12.5. The summed E-state index contributed by atoms with van der Waals surface area (Å²) in [5, 5.41) is 1.30. The van der Waals surface area contributed by atoms with Gasteiger partial charge in [0.05, 0.1) is 11.1 Å². The van der Waals surface area contributed by atoms with Crippen molar-refractivity contribution in [2.75, 3.05) is 18.8 Å². The van der Waals surface area contributed by atoms with Crippen LogP contribution in [0.1, 0.15) is 36.1 Å².